The highest BCUT2D eigenvalue weighted by atomic mass is 16.5. The number of hydrogen-bond donors (Lipinski definition) is 0. The molecule has 4 rings (SSSR count). The lowest BCUT2D eigenvalue weighted by molar-refractivity contribution is 0.420. The third-order valence-corrected chi connectivity index (χ3v) is 4.62. The van der Waals surface area contributed by atoms with E-state index in [0.29, 0.717) is 0 Å². The van der Waals surface area contributed by atoms with E-state index in [2.05, 4.69) is 40.2 Å². The van der Waals surface area contributed by atoms with Crippen molar-refractivity contribution in [2.24, 2.45) is 0 Å². The average molecular weight is 304 g/mol. The monoisotopic (exact) mass is 304 g/mol. The Kier molecular flexibility index (Phi) is 3.62. The molecule has 0 N–H and O–H groups in total. The number of benzene rings is 2. The summed E-state index contributed by atoms with van der Waals surface area (Å²) in [7, 11) is 1.73. The van der Waals surface area contributed by atoms with E-state index in [9.17, 15) is 0 Å². The van der Waals surface area contributed by atoms with Gasteiger partial charge >= 0.3 is 0 Å². The highest BCUT2D eigenvalue weighted by Gasteiger charge is 2.18. The third kappa shape index (κ3) is 2.42. The molecule has 116 valence electrons. The van der Waals surface area contributed by atoms with E-state index in [4.69, 9.17) is 4.74 Å². The van der Waals surface area contributed by atoms with Crippen molar-refractivity contribution in [3.63, 3.8) is 0 Å². The minimum atomic E-state index is 0.911. The number of anilines is 1. The zero-order valence-corrected chi connectivity index (χ0v) is 13.3. The molecule has 3 heteroatoms. The van der Waals surface area contributed by atoms with Gasteiger partial charge in [-0.05, 0) is 35.9 Å². The number of rotatable bonds is 3. The van der Waals surface area contributed by atoms with Crippen LogP contribution in [0.5, 0.6) is 5.75 Å². The molecule has 1 aromatic heterocycles. The highest BCUT2D eigenvalue weighted by molar-refractivity contribution is 6.03. The van der Waals surface area contributed by atoms with Crippen molar-refractivity contribution >= 4 is 16.5 Å². The number of hydrogen-bond acceptors (Lipinski definition) is 3. The van der Waals surface area contributed by atoms with Crippen LogP contribution >= 0.6 is 0 Å². The maximum absolute atomic E-state index is 5.62. The fraction of sp³-hybridized carbons (Fsp3) is 0.250. The Labute approximate surface area is 136 Å². The fourth-order valence-corrected chi connectivity index (χ4v) is 3.53. The molecule has 1 aliphatic rings. The Morgan fingerprint density at radius 1 is 0.957 bits per heavy atom. The Morgan fingerprint density at radius 3 is 2.52 bits per heavy atom. The first kappa shape index (κ1) is 14.1. The van der Waals surface area contributed by atoms with Crippen molar-refractivity contribution in [2.75, 3.05) is 25.1 Å². The topological polar surface area (TPSA) is 25.4 Å². The fourth-order valence-electron chi connectivity index (χ4n) is 3.53. The summed E-state index contributed by atoms with van der Waals surface area (Å²) in [6.07, 6.45) is 6.40. The van der Waals surface area contributed by atoms with Gasteiger partial charge in [-0.2, -0.15) is 0 Å². The van der Waals surface area contributed by atoms with Gasteiger partial charge in [0, 0.05) is 42.1 Å². The molecular weight excluding hydrogens is 284 g/mol. The maximum atomic E-state index is 5.62. The van der Waals surface area contributed by atoms with E-state index in [1.165, 1.54) is 35.0 Å². The molecule has 0 atom stereocenters. The zero-order chi connectivity index (χ0) is 15.6. The number of nitrogens with zero attached hydrogens (tertiary/aromatic N) is 2. The second-order valence-corrected chi connectivity index (χ2v) is 5.95. The van der Waals surface area contributed by atoms with Gasteiger partial charge in [-0.3, -0.25) is 4.98 Å². The van der Waals surface area contributed by atoms with Crippen LogP contribution in [-0.2, 0) is 0 Å². The standard InChI is InChI=1S/C20H20N2O/c1-23-19-9-5-7-15-6-4-8-16(20(15)19)17-14-21-11-10-18(17)22-12-2-3-13-22/h4-11,14H,2-3,12-13H2,1H3. The van der Waals surface area contributed by atoms with Crippen LogP contribution in [0.2, 0.25) is 0 Å². The summed E-state index contributed by atoms with van der Waals surface area (Å²) in [6, 6.07) is 14.7. The number of pyridine rings is 1. The van der Waals surface area contributed by atoms with Crippen molar-refractivity contribution in [2.45, 2.75) is 12.8 Å². The second-order valence-electron chi connectivity index (χ2n) is 5.95. The predicted molar refractivity (Wildman–Crippen MR) is 95.2 cm³/mol. The number of methoxy groups -OCH3 is 1. The van der Waals surface area contributed by atoms with E-state index in [1.807, 2.05) is 24.5 Å². The molecule has 0 amide bonds. The van der Waals surface area contributed by atoms with Gasteiger partial charge in [0.05, 0.1) is 7.11 Å². The summed E-state index contributed by atoms with van der Waals surface area (Å²) in [4.78, 5) is 6.85. The molecule has 3 aromatic rings. The van der Waals surface area contributed by atoms with Crippen molar-refractivity contribution in [1.29, 1.82) is 0 Å². The molecular formula is C20H20N2O. The van der Waals surface area contributed by atoms with Crippen molar-refractivity contribution in [3.8, 4) is 16.9 Å². The van der Waals surface area contributed by atoms with Crippen LogP contribution in [0.4, 0.5) is 5.69 Å². The molecule has 1 aliphatic heterocycles. The van der Waals surface area contributed by atoms with Gasteiger partial charge in [-0.1, -0.05) is 30.3 Å². The summed E-state index contributed by atoms with van der Waals surface area (Å²) < 4.78 is 5.62. The Hall–Kier alpha value is -2.55. The molecule has 2 heterocycles. The lowest BCUT2D eigenvalue weighted by Gasteiger charge is -2.22. The van der Waals surface area contributed by atoms with Crippen LogP contribution in [0.15, 0.2) is 54.9 Å². The maximum Gasteiger partial charge on any atom is 0.127 e. The van der Waals surface area contributed by atoms with Gasteiger partial charge in [-0.25, -0.2) is 0 Å². The molecule has 0 saturated carbocycles. The van der Waals surface area contributed by atoms with Crippen LogP contribution in [0.3, 0.4) is 0 Å². The number of aromatic nitrogens is 1. The van der Waals surface area contributed by atoms with Crippen molar-refractivity contribution in [3.05, 3.63) is 54.9 Å². The summed E-state index contributed by atoms with van der Waals surface area (Å²) in [5.41, 5.74) is 3.65. The predicted octanol–water partition coefficient (Wildman–Crippen LogP) is 4.51. The van der Waals surface area contributed by atoms with E-state index in [1.54, 1.807) is 7.11 Å². The van der Waals surface area contributed by atoms with Gasteiger partial charge in [0.15, 0.2) is 0 Å². The SMILES string of the molecule is COc1cccc2cccc(-c3cnccc3N3CCCC3)c12. The van der Waals surface area contributed by atoms with Gasteiger partial charge in [-0.15, -0.1) is 0 Å². The summed E-state index contributed by atoms with van der Waals surface area (Å²) in [5, 5.41) is 2.35. The van der Waals surface area contributed by atoms with Crippen LogP contribution in [0, 0.1) is 0 Å². The Morgan fingerprint density at radius 2 is 1.74 bits per heavy atom. The minimum Gasteiger partial charge on any atom is -0.496 e. The molecule has 0 spiro atoms. The molecule has 23 heavy (non-hydrogen) atoms. The lowest BCUT2D eigenvalue weighted by atomic mass is 9.97. The summed E-state index contributed by atoms with van der Waals surface area (Å²) in [6.45, 7) is 2.25. The van der Waals surface area contributed by atoms with Crippen LogP contribution in [-0.4, -0.2) is 25.2 Å². The molecule has 2 aromatic carbocycles. The van der Waals surface area contributed by atoms with Crippen LogP contribution in [0.25, 0.3) is 21.9 Å². The largest absolute Gasteiger partial charge is 0.496 e. The number of ether oxygens (including phenoxy) is 1. The molecule has 0 unspecified atom stereocenters. The van der Waals surface area contributed by atoms with E-state index < -0.39 is 0 Å². The summed E-state index contributed by atoms with van der Waals surface area (Å²) >= 11 is 0. The van der Waals surface area contributed by atoms with E-state index in [-0.39, 0.29) is 0 Å². The highest BCUT2D eigenvalue weighted by Crippen LogP contribution is 2.39. The molecule has 3 nitrogen and oxygen atoms in total. The lowest BCUT2D eigenvalue weighted by Crippen LogP contribution is -2.18. The molecule has 0 bridgehead atoms. The smallest absolute Gasteiger partial charge is 0.127 e. The zero-order valence-electron chi connectivity index (χ0n) is 13.3. The first-order valence-electron chi connectivity index (χ1n) is 8.13. The summed E-state index contributed by atoms with van der Waals surface area (Å²) in [5.74, 6) is 0.911. The van der Waals surface area contributed by atoms with Crippen LogP contribution < -0.4 is 9.64 Å². The Bertz CT molecular complexity index is 833. The molecule has 1 saturated heterocycles. The number of fused-ring (bicyclic) bond motifs is 1. The second kappa shape index (κ2) is 5.92. The first-order valence-corrected chi connectivity index (χ1v) is 8.13. The quantitative estimate of drug-likeness (QED) is 0.712. The Balaban J connectivity index is 1.97. The van der Waals surface area contributed by atoms with E-state index >= 15 is 0 Å². The minimum absolute atomic E-state index is 0.911. The third-order valence-electron chi connectivity index (χ3n) is 4.62. The normalized spacial score (nSPS) is 14.4. The molecule has 1 fully saturated rings. The van der Waals surface area contributed by atoms with Crippen molar-refractivity contribution in [1.82, 2.24) is 4.98 Å². The van der Waals surface area contributed by atoms with Gasteiger partial charge in [0.2, 0.25) is 0 Å². The van der Waals surface area contributed by atoms with Crippen molar-refractivity contribution < 1.29 is 4.74 Å². The average Bonchev–Trinajstić information content (AvgIpc) is 3.15. The molecule has 0 radical (unpaired) electrons. The van der Waals surface area contributed by atoms with Gasteiger partial charge in [0.1, 0.15) is 5.75 Å². The first-order chi connectivity index (χ1) is 11.4. The van der Waals surface area contributed by atoms with Crippen LogP contribution in [0.1, 0.15) is 12.8 Å². The van der Waals surface area contributed by atoms with Gasteiger partial charge in [0.25, 0.3) is 0 Å². The van der Waals surface area contributed by atoms with Gasteiger partial charge < -0.3 is 9.64 Å². The van der Waals surface area contributed by atoms with E-state index in [0.717, 1.165) is 24.2 Å². The molecule has 0 aliphatic carbocycles.